The number of halogens is 2. The molecule has 0 radical (unpaired) electrons. The van der Waals surface area contributed by atoms with Crippen molar-refractivity contribution in [3.8, 4) is 0 Å². The van der Waals surface area contributed by atoms with Gasteiger partial charge in [-0.1, -0.05) is 23.7 Å². The molecule has 0 atom stereocenters. The minimum absolute atomic E-state index is 0.231. The number of nitrogens with one attached hydrogen (secondary N) is 1. The van der Waals surface area contributed by atoms with Crippen LogP contribution in [0.15, 0.2) is 18.2 Å². The molecule has 0 aliphatic heterocycles. The van der Waals surface area contributed by atoms with E-state index >= 15 is 0 Å². The lowest BCUT2D eigenvalue weighted by molar-refractivity contribution is 0.268. The molecular weight excluding hydrogens is 263 g/mol. The Balaban J connectivity index is 2.16. The summed E-state index contributed by atoms with van der Waals surface area (Å²) in [5, 5.41) is 3.53. The van der Waals surface area contributed by atoms with Crippen molar-refractivity contribution < 1.29 is 4.39 Å². The first-order valence-electron chi connectivity index (χ1n) is 6.86. The Hall–Kier alpha value is -0.640. The van der Waals surface area contributed by atoms with Crippen molar-refractivity contribution in [3.63, 3.8) is 0 Å². The van der Waals surface area contributed by atoms with Crippen LogP contribution >= 0.6 is 11.6 Å². The molecule has 0 unspecified atom stereocenters. The standard InChI is InChI=1S/C15H24ClFN2/c1-12(2)19(3)10-5-4-9-18-11-13-7-6-8-14(17)15(13)16/h6-8,12,18H,4-5,9-11H2,1-3H3. The maximum Gasteiger partial charge on any atom is 0.142 e. The van der Waals surface area contributed by atoms with Crippen molar-refractivity contribution in [2.75, 3.05) is 20.1 Å². The molecule has 0 spiro atoms. The fraction of sp³-hybridized carbons (Fsp3) is 0.600. The van der Waals surface area contributed by atoms with Gasteiger partial charge in [0.1, 0.15) is 5.82 Å². The zero-order valence-electron chi connectivity index (χ0n) is 12.0. The Bertz CT molecular complexity index is 382. The van der Waals surface area contributed by atoms with Gasteiger partial charge in [0.25, 0.3) is 0 Å². The van der Waals surface area contributed by atoms with Gasteiger partial charge in [0.15, 0.2) is 0 Å². The lowest BCUT2D eigenvalue weighted by Gasteiger charge is -2.20. The predicted molar refractivity (Wildman–Crippen MR) is 80.1 cm³/mol. The van der Waals surface area contributed by atoms with E-state index in [1.807, 2.05) is 6.07 Å². The number of unbranched alkanes of at least 4 members (excludes halogenated alkanes) is 1. The van der Waals surface area contributed by atoms with Crippen LogP contribution in [0.5, 0.6) is 0 Å². The molecule has 1 aromatic carbocycles. The SMILES string of the molecule is CC(C)N(C)CCCCNCc1cccc(F)c1Cl. The van der Waals surface area contributed by atoms with Crippen LogP contribution in [0.4, 0.5) is 4.39 Å². The third-order valence-corrected chi connectivity index (χ3v) is 3.77. The smallest absolute Gasteiger partial charge is 0.142 e. The molecule has 4 heteroatoms. The van der Waals surface area contributed by atoms with Gasteiger partial charge >= 0.3 is 0 Å². The highest BCUT2D eigenvalue weighted by molar-refractivity contribution is 6.31. The van der Waals surface area contributed by atoms with Crippen molar-refractivity contribution in [2.45, 2.75) is 39.3 Å². The summed E-state index contributed by atoms with van der Waals surface area (Å²) in [6, 6.07) is 5.52. The van der Waals surface area contributed by atoms with E-state index in [0.717, 1.165) is 25.1 Å². The number of hydrogen-bond acceptors (Lipinski definition) is 2. The van der Waals surface area contributed by atoms with Crippen LogP contribution < -0.4 is 5.32 Å². The normalized spacial score (nSPS) is 11.5. The third-order valence-electron chi connectivity index (χ3n) is 3.34. The molecule has 1 N–H and O–H groups in total. The summed E-state index contributed by atoms with van der Waals surface area (Å²) in [4.78, 5) is 2.34. The van der Waals surface area contributed by atoms with Crippen molar-refractivity contribution in [1.82, 2.24) is 10.2 Å². The topological polar surface area (TPSA) is 15.3 Å². The van der Waals surface area contributed by atoms with Gasteiger partial charge in [-0.25, -0.2) is 4.39 Å². The quantitative estimate of drug-likeness (QED) is 0.733. The average molecular weight is 287 g/mol. The predicted octanol–water partition coefficient (Wildman–Crippen LogP) is 3.69. The number of rotatable bonds is 8. The first kappa shape index (κ1) is 16.4. The van der Waals surface area contributed by atoms with E-state index in [1.54, 1.807) is 6.07 Å². The Morgan fingerprint density at radius 2 is 2.05 bits per heavy atom. The van der Waals surface area contributed by atoms with Gasteiger partial charge in [-0.3, -0.25) is 0 Å². The van der Waals surface area contributed by atoms with Crippen LogP contribution in [-0.4, -0.2) is 31.1 Å². The van der Waals surface area contributed by atoms with Gasteiger partial charge in [0.05, 0.1) is 5.02 Å². The highest BCUT2D eigenvalue weighted by Crippen LogP contribution is 2.19. The van der Waals surface area contributed by atoms with Gasteiger partial charge in [-0.15, -0.1) is 0 Å². The zero-order valence-corrected chi connectivity index (χ0v) is 12.8. The molecule has 1 aromatic rings. The molecule has 1 rings (SSSR count). The van der Waals surface area contributed by atoms with E-state index in [9.17, 15) is 4.39 Å². The Labute approximate surface area is 120 Å². The minimum Gasteiger partial charge on any atom is -0.313 e. The van der Waals surface area contributed by atoms with Crippen LogP contribution in [-0.2, 0) is 6.54 Å². The molecule has 108 valence electrons. The molecule has 0 aliphatic rings. The Morgan fingerprint density at radius 3 is 2.74 bits per heavy atom. The first-order chi connectivity index (χ1) is 9.02. The van der Waals surface area contributed by atoms with E-state index in [0.29, 0.717) is 12.6 Å². The van der Waals surface area contributed by atoms with E-state index in [-0.39, 0.29) is 10.8 Å². The fourth-order valence-corrected chi connectivity index (χ4v) is 1.97. The molecule has 0 aromatic heterocycles. The van der Waals surface area contributed by atoms with E-state index < -0.39 is 0 Å². The number of benzene rings is 1. The van der Waals surface area contributed by atoms with Gasteiger partial charge in [0, 0.05) is 12.6 Å². The van der Waals surface area contributed by atoms with E-state index in [4.69, 9.17) is 11.6 Å². The van der Waals surface area contributed by atoms with Crippen molar-refractivity contribution >= 4 is 11.6 Å². The summed E-state index contributed by atoms with van der Waals surface area (Å²) < 4.78 is 13.2. The molecule has 0 bridgehead atoms. The van der Waals surface area contributed by atoms with Gasteiger partial charge in [-0.2, -0.15) is 0 Å². The van der Waals surface area contributed by atoms with E-state index in [2.05, 4.69) is 31.1 Å². The van der Waals surface area contributed by atoms with Gasteiger partial charge in [-0.05, 0) is 58.5 Å². The second kappa shape index (κ2) is 8.51. The largest absolute Gasteiger partial charge is 0.313 e. The maximum atomic E-state index is 13.2. The molecule has 0 fully saturated rings. The second-order valence-electron chi connectivity index (χ2n) is 5.17. The summed E-state index contributed by atoms with van der Waals surface area (Å²) in [6.07, 6.45) is 2.28. The van der Waals surface area contributed by atoms with Crippen molar-refractivity contribution in [3.05, 3.63) is 34.6 Å². The van der Waals surface area contributed by atoms with Crippen LogP contribution in [0.25, 0.3) is 0 Å². The monoisotopic (exact) mass is 286 g/mol. The lowest BCUT2D eigenvalue weighted by atomic mass is 10.2. The summed E-state index contributed by atoms with van der Waals surface area (Å²) in [7, 11) is 2.14. The van der Waals surface area contributed by atoms with E-state index in [1.165, 1.54) is 12.5 Å². The molecule has 0 saturated carbocycles. The highest BCUT2D eigenvalue weighted by Gasteiger charge is 2.05. The summed E-state index contributed by atoms with van der Waals surface area (Å²) in [5.74, 6) is -0.348. The van der Waals surface area contributed by atoms with Crippen molar-refractivity contribution in [2.24, 2.45) is 0 Å². The number of hydrogen-bond donors (Lipinski definition) is 1. The molecule has 0 aliphatic carbocycles. The van der Waals surface area contributed by atoms with Gasteiger partial charge < -0.3 is 10.2 Å². The Kier molecular flexibility index (Phi) is 7.36. The van der Waals surface area contributed by atoms with Crippen molar-refractivity contribution in [1.29, 1.82) is 0 Å². The summed E-state index contributed by atoms with van der Waals surface area (Å²) in [5.41, 5.74) is 0.820. The molecule has 0 amide bonds. The maximum absolute atomic E-state index is 13.2. The molecular formula is C15H24ClFN2. The zero-order chi connectivity index (χ0) is 14.3. The highest BCUT2D eigenvalue weighted by atomic mass is 35.5. The second-order valence-corrected chi connectivity index (χ2v) is 5.55. The lowest BCUT2D eigenvalue weighted by Crippen LogP contribution is -2.27. The molecule has 2 nitrogen and oxygen atoms in total. The van der Waals surface area contributed by atoms with Crippen LogP contribution in [0.2, 0.25) is 5.02 Å². The van der Waals surface area contributed by atoms with Gasteiger partial charge in [0.2, 0.25) is 0 Å². The number of nitrogens with zero attached hydrogens (tertiary/aromatic N) is 1. The molecule has 19 heavy (non-hydrogen) atoms. The van der Waals surface area contributed by atoms with Crippen LogP contribution in [0.3, 0.4) is 0 Å². The average Bonchev–Trinajstić information content (AvgIpc) is 2.37. The first-order valence-corrected chi connectivity index (χ1v) is 7.24. The van der Waals surface area contributed by atoms with Crippen LogP contribution in [0, 0.1) is 5.82 Å². The fourth-order valence-electron chi connectivity index (χ4n) is 1.78. The molecule has 0 saturated heterocycles. The molecule has 0 heterocycles. The van der Waals surface area contributed by atoms with Crippen LogP contribution in [0.1, 0.15) is 32.3 Å². The summed E-state index contributed by atoms with van der Waals surface area (Å²) >= 11 is 5.89. The Morgan fingerprint density at radius 1 is 1.32 bits per heavy atom. The third kappa shape index (κ3) is 5.89. The summed E-state index contributed by atoms with van der Waals surface area (Å²) in [6.45, 7) is 7.06. The minimum atomic E-state index is -0.348.